The van der Waals surface area contributed by atoms with E-state index in [1.165, 1.54) is 0 Å². The van der Waals surface area contributed by atoms with Gasteiger partial charge in [0.05, 0.1) is 6.42 Å². The number of H-pyrrole nitrogens is 1. The number of para-hydroxylation sites is 1. The van der Waals surface area contributed by atoms with E-state index in [9.17, 15) is 9.59 Å². The molecule has 3 rings (SSSR count). The van der Waals surface area contributed by atoms with E-state index in [1.807, 2.05) is 30.5 Å². The molecule has 1 aromatic heterocycles. The lowest BCUT2D eigenvalue weighted by Gasteiger charge is -2.23. The van der Waals surface area contributed by atoms with Gasteiger partial charge in [0.15, 0.2) is 0 Å². The van der Waals surface area contributed by atoms with Crippen molar-refractivity contribution in [1.29, 1.82) is 0 Å². The topological polar surface area (TPSA) is 91.2 Å². The fraction of sp³-hybridized carbons (Fsp3) is 0.375. The van der Waals surface area contributed by atoms with Crippen molar-refractivity contribution in [2.75, 3.05) is 13.6 Å². The minimum absolute atomic E-state index is 0.0636. The van der Waals surface area contributed by atoms with E-state index in [2.05, 4.69) is 10.3 Å². The Balaban J connectivity index is 1.80. The number of aromatic nitrogens is 1. The lowest BCUT2D eigenvalue weighted by atomic mass is 10.1. The highest BCUT2D eigenvalue weighted by atomic mass is 16.2. The summed E-state index contributed by atoms with van der Waals surface area (Å²) in [6.07, 6.45) is 2.64. The second-order valence-corrected chi connectivity index (χ2v) is 5.71. The highest BCUT2D eigenvalue weighted by Crippen LogP contribution is 2.22. The van der Waals surface area contributed by atoms with Gasteiger partial charge >= 0.3 is 0 Å². The molecule has 0 radical (unpaired) electrons. The van der Waals surface area contributed by atoms with Gasteiger partial charge < -0.3 is 20.9 Å². The molecule has 116 valence electrons. The average molecular weight is 300 g/mol. The third-order valence-electron chi connectivity index (χ3n) is 4.22. The summed E-state index contributed by atoms with van der Waals surface area (Å²) in [6, 6.07) is 7.25. The largest absolute Gasteiger partial charge is 0.361 e. The Morgan fingerprint density at radius 1 is 1.41 bits per heavy atom. The third kappa shape index (κ3) is 2.57. The Morgan fingerprint density at radius 2 is 2.18 bits per heavy atom. The summed E-state index contributed by atoms with van der Waals surface area (Å²) in [5, 5.41) is 3.64. The van der Waals surface area contributed by atoms with Crippen molar-refractivity contribution in [2.24, 2.45) is 5.73 Å². The molecule has 1 fully saturated rings. The van der Waals surface area contributed by atoms with E-state index in [-0.39, 0.29) is 24.3 Å². The lowest BCUT2D eigenvalue weighted by molar-refractivity contribution is -0.137. The van der Waals surface area contributed by atoms with Crippen LogP contribution in [0.5, 0.6) is 0 Å². The number of nitrogens with one attached hydrogen (secondary N) is 2. The van der Waals surface area contributed by atoms with Gasteiger partial charge in [0.2, 0.25) is 11.8 Å². The summed E-state index contributed by atoms with van der Waals surface area (Å²) in [4.78, 5) is 29.3. The Hall–Kier alpha value is -2.34. The molecule has 2 atom stereocenters. The molecular weight excluding hydrogens is 280 g/mol. The number of rotatable bonds is 3. The molecule has 2 heterocycles. The van der Waals surface area contributed by atoms with Gasteiger partial charge in [-0.1, -0.05) is 18.2 Å². The predicted octanol–water partition coefficient (Wildman–Crippen LogP) is 0.385. The fourth-order valence-electron chi connectivity index (χ4n) is 3.10. The summed E-state index contributed by atoms with van der Waals surface area (Å²) in [6.45, 7) is 0.430. The molecule has 1 aliphatic heterocycles. The zero-order valence-electron chi connectivity index (χ0n) is 12.5. The maximum Gasteiger partial charge on any atom is 0.242 e. The number of fused-ring (bicyclic) bond motifs is 1. The van der Waals surface area contributed by atoms with E-state index in [4.69, 9.17) is 5.73 Å². The van der Waals surface area contributed by atoms with Crippen molar-refractivity contribution in [3.63, 3.8) is 0 Å². The molecule has 6 nitrogen and oxygen atoms in total. The van der Waals surface area contributed by atoms with Crippen molar-refractivity contribution in [1.82, 2.24) is 15.2 Å². The van der Waals surface area contributed by atoms with E-state index >= 15 is 0 Å². The smallest absolute Gasteiger partial charge is 0.242 e. The SMILES string of the molecule is CNC(=O)[C@@H]1C[C@H](N)CN1C(=O)Cc1c[nH]c2ccccc12. The fourth-order valence-corrected chi connectivity index (χ4v) is 3.10. The zero-order valence-corrected chi connectivity index (χ0v) is 12.5. The summed E-state index contributed by atoms with van der Waals surface area (Å²) in [7, 11) is 1.58. The Labute approximate surface area is 128 Å². The van der Waals surface area contributed by atoms with Crippen molar-refractivity contribution in [3.05, 3.63) is 36.0 Å². The van der Waals surface area contributed by atoms with Crippen LogP contribution in [0.3, 0.4) is 0 Å². The predicted molar refractivity (Wildman–Crippen MR) is 84.2 cm³/mol. The number of likely N-dealkylation sites (tertiary alicyclic amines) is 1. The van der Waals surface area contributed by atoms with Crippen LogP contribution in [0.4, 0.5) is 0 Å². The van der Waals surface area contributed by atoms with Crippen molar-refractivity contribution in [2.45, 2.75) is 24.9 Å². The van der Waals surface area contributed by atoms with Crippen LogP contribution in [-0.4, -0.2) is 47.4 Å². The van der Waals surface area contributed by atoms with Crippen molar-refractivity contribution >= 4 is 22.7 Å². The number of benzene rings is 1. The summed E-state index contributed by atoms with van der Waals surface area (Å²) in [5.74, 6) is -0.216. The molecule has 0 bridgehead atoms. The maximum atomic E-state index is 12.6. The number of aromatic amines is 1. The quantitative estimate of drug-likeness (QED) is 0.765. The molecule has 0 aliphatic carbocycles. The zero-order chi connectivity index (χ0) is 15.7. The maximum absolute atomic E-state index is 12.6. The molecule has 0 spiro atoms. The van der Waals surface area contributed by atoms with Crippen LogP contribution >= 0.6 is 0 Å². The number of carbonyl (C=O) groups excluding carboxylic acids is 2. The van der Waals surface area contributed by atoms with Gasteiger partial charge in [-0.05, 0) is 18.1 Å². The van der Waals surface area contributed by atoms with Gasteiger partial charge in [-0.15, -0.1) is 0 Å². The first kappa shape index (κ1) is 14.6. The van der Waals surface area contributed by atoms with Gasteiger partial charge in [0, 0.05) is 36.7 Å². The highest BCUT2D eigenvalue weighted by molar-refractivity contribution is 5.92. The molecule has 2 amide bonds. The second kappa shape index (κ2) is 5.81. The number of nitrogens with zero attached hydrogens (tertiary/aromatic N) is 1. The van der Waals surface area contributed by atoms with Gasteiger partial charge in [0.1, 0.15) is 6.04 Å². The Morgan fingerprint density at radius 3 is 2.95 bits per heavy atom. The van der Waals surface area contributed by atoms with Gasteiger partial charge in [-0.2, -0.15) is 0 Å². The third-order valence-corrected chi connectivity index (χ3v) is 4.22. The van der Waals surface area contributed by atoms with Gasteiger partial charge in [-0.25, -0.2) is 0 Å². The number of nitrogens with two attached hydrogens (primary N) is 1. The first-order valence-corrected chi connectivity index (χ1v) is 7.41. The molecule has 1 aliphatic rings. The van der Waals surface area contributed by atoms with Crippen LogP contribution in [-0.2, 0) is 16.0 Å². The summed E-state index contributed by atoms with van der Waals surface area (Å²) in [5.41, 5.74) is 7.88. The molecule has 0 unspecified atom stereocenters. The van der Waals surface area contributed by atoms with Crippen LogP contribution in [0.25, 0.3) is 10.9 Å². The normalized spacial score (nSPS) is 21.3. The van der Waals surface area contributed by atoms with E-state index in [1.54, 1.807) is 11.9 Å². The first-order chi connectivity index (χ1) is 10.6. The number of likely N-dealkylation sites (N-methyl/N-ethyl adjacent to an activating group) is 1. The molecule has 6 heteroatoms. The molecule has 1 aromatic carbocycles. The van der Waals surface area contributed by atoms with E-state index < -0.39 is 6.04 Å². The van der Waals surface area contributed by atoms with Crippen LogP contribution in [0, 0.1) is 0 Å². The summed E-state index contributed by atoms with van der Waals surface area (Å²) >= 11 is 0. The number of amides is 2. The minimum atomic E-state index is -0.460. The molecule has 0 saturated carbocycles. The number of carbonyl (C=O) groups is 2. The average Bonchev–Trinajstić information content (AvgIpc) is 3.11. The van der Waals surface area contributed by atoms with E-state index in [0.717, 1.165) is 16.5 Å². The first-order valence-electron chi connectivity index (χ1n) is 7.41. The van der Waals surface area contributed by atoms with Crippen LogP contribution in [0.1, 0.15) is 12.0 Å². The minimum Gasteiger partial charge on any atom is -0.361 e. The van der Waals surface area contributed by atoms with Gasteiger partial charge in [0.25, 0.3) is 0 Å². The van der Waals surface area contributed by atoms with Gasteiger partial charge in [-0.3, -0.25) is 9.59 Å². The number of hydrogen-bond donors (Lipinski definition) is 3. The molecular formula is C16H20N4O2. The monoisotopic (exact) mass is 300 g/mol. The standard InChI is InChI=1S/C16H20N4O2/c1-18-16(22)14-7-11(17)9-20(14)15(21)6-10-8-19-13-5-3-2-4-12(10)13/h2-5,8,11,14,19H,6-7,9,17H2,1H3,(H,18,22)/t11-,14-/m0/s1. The molecule has 4 N–H and O–H groups in total. The summed E-state index contributed by atoms with van der Waals surface area (Å²) < 4.78 is 0. The molecule has 22 heavy (non-hydrogen) atoms. The van der Waals surface area contributed by atoms with Crippen molar-refractivity contribution < 1.29 is 9.59 Å². The molecule has 1 saturated heterocycles. The van der Waals surface area contributed by atoms with E-state index in [0.29, 0.717) is 13.0 Å². The molecule has 2 aromatic rings. The van der Waals surface area contributed by atoms with Crippen LogP contribution < -0.4 is 11.1 Å². The second-order valence-electron chi connectivity index (χ2n) is 5.71. The highest BCUT2D eigenvalue weighted by Gasteiger charge is 2.37. The van der Waals surface area contributed by atoms with Crippen LogP contribution in [0.15, 0.2) is 30.5 Å². The number of hydrogen-bond acceptors (Lipinski definition) is 3. The lowest BCUT2D eigenvalue weighted by Crippen LogP contribution is -2.45. The van der Waals surface area contributed by atoms with Crippen molar-refractivity contribution in [3.8, 4) is 0 Å². The Kier molecular flexibility index (Phi) is 3.85. The Bertz CT molecular complexity index is 709. The van der Waals surface area contributed by atoms with Crippen LogP contribution in [0.2, 0.25) is 0 Å².